The van der Waals surface area contributed by atoms with Gasteiger partial charge in [-0.25, -0.2) is 0 Å². The summed E-state index contributed by atoms with van der Waals surface area (Å²) in [4.78, 5) is 0. The van der Waals surface area contributed by atoms with Crippen LogP contribution in [0.4, 0.5) is 10.1 Å². The molecule has 0 aliphatic carbocycles. The maximum absolute atomic E-state index is 13.0. The molecule has 0 fully saturated rings. The maximum atomic E-state index is 13.0. The highest BCUT2D eigenvalue weighted by molar-refractivity contribution is 5.70. The van der Waals surface area contributed by atoms with E-state index in [1.807, 2.05) is 55.6 Å². The maximum Gasteiger partial charge on any atom is 0.119 e. The summed E-state index contributed by atoms with van der Waals surface area (Å²) in [5.74, 6) is 0.565. The molecule has 5 heteroatoms. The standard InChI is InChI=1S/C20H24FNO3/c1-22-18-8-4-16(5-9-18)2-3-17-6-10-19(11-7-17)25-15-20(12-21,13-23)14-24/h2-11,22-24H,12-15H2,1H3/b3-2+/i21-1. The van der Waals surface area contributed by atoms with E-state index in [4.69, 9.17) is 4.74 Å². The molecule has 4 nitrogen and oxygen atoms in total. The largest absolute Gasteiger partial charge is 0.493 e. The third kappa shape index (κ3) is 5.31. The van der Waals surface area contributed by atoms with Crippen LogP contribution in [0, 0.1) is 5.41 Å². The van der Waals surface area contributed by atoms with E-state index in [9.17, 15) is 14.6 Å². The Morgan fingerprint density at radius 3 is 1.92 bits per heavy atom. The second-order valence-electron chi connectivity index (χ2n) is 6.01. The Kier molecular flexibility index (Phi) is 6.98. The number of benzene rings is 2. The van der Waals surface area contributed by atoms with Crippen molar-refractivity contribution in [3.8, 4) is 5.75 Å². The molecule has 25 heavy (non-hydrogen) atoms. The van der Waals surface area contributed by atoms with E-state index in [0.29, 0.717) is 5.75 Å². The normalized spacial score (nSPS) is 11.7. The van der Waals surface area contributed by atoms with Gasteiger partial charge in [0.1, 0.15) is 19.0 Å². The molecule has 2 rings (SSSR count). The lowest BCUT2D eigenvalue weighted by atomic mass is 9.93. The first kappa shape index (κ1) is 19.0. The summed E-state index contributed by atoms with van der Waals surface area (Å²) >= 11 is 0. The van der Waals surface area contributed by atoms with Gasteiger partial charge in [-0.3, -0.25) is 4.39 Å². The van der Waals surface area contributed by atoms with Gasteiger partial charge in [0.05, 0.1) is 18.6 Å². The third-order valence-corrected chi connectivity index (χ3v) is 4.05. The number of ether oxygens (including phenoxy) is 1. The predicted molar refractivity (Wildman–Crippen MR) is 99.4 cm³/mol. The van der Waals surface area contributed by atoms with E-state index >= 15 is 0 Å². The van der Waals surface area contributed by atoms with E-state index in [0.717, 1.165) is 16.8 Å². The minimum Gasteiger partial charge on any atom is -0.493 e. The average molecular weight is 344 g/mol. The third-order valence-electron chi connectivity index (χ3n) is 4.05. The summed E-state index contributed by atoms with van der Waals surface area (Å²) in [5, 5.41) is 21.5. The number of halogens is 1. The Balaban J connectivity index is 1.96. The van der Waals surface area contributed by atoms with E-state index < -0.39 is 25.3 Å². The molecule has 0 atom stereocenters. The number of alkyl halides is 1. The van der Waals surface area contributed by atoms with Crippen molar-refractivity contribution in [2.45, 2.75) is 0 Å². The fourth-order valence-corrected chi connectivity index (χ4v) is 2.13. The Morgan fingerprint density at radius 1 is 0.960 bits per heavy atom. The van der Waals surface area contributed by atoms with Crippen molar-refractivity contribution in [2.75, 3.05) is 38.9 Å². The number of aliphatic hydroxyl groups is 2. The van der Waals surface area contributed by atoms with Crippen LogP contribution in [-0.2, 0) is 0 Å². The van der Waals surface area contributed by atoms with Crippen molar-refractivity contribution in [1.29, 1.82) is 0 Å². The molecule has 0 spiro atoms. The zero-order valence-electron chi connectivity index (χ0n) is 14.3. The number of aliphatic hydroxyl groups excluding tert-OH is 2. The monoisotopic (exact) mass is 344 g/mol. The molecule has 2 aromatic rings. The van der Waals surface area contributed by atoms with Crippen molar-refractivity contribution in [1.82, 2.24) is 0 Å². The number of hydrogen-bond donors (Lipinski definition) is 3. The Bertz CT molecular complexity index is 656. The van der Waals surface area contributed by atoms with Crippen LogP contribution in [0.1, 0.15) is 11.1 Å². The summed E-state index contributed by atoms with van der Waals surface area (Å²) in [7, 11) is 1.88. The second-order valence-corrected chi connectivity index (χ2v) is 6.01. The zero-order chi connectivity index (χ0) is 18.1. The Labute approximate surface area is 147 Å². The van der Waals surface area contributed by atoms with Gasteiger partial charge in [0.15, 0.2) is 0 Å². The quantitative estimate of drug-likeness (QED) is 0.611. The van der Waals surface area contributed by atoms with Crippen molar-refractivity contribution in [3.05, 3.63) is 59.7 Å². The van der Waals surface area contributed by atoms with Gasteiger partial charge >= 0.3 is 0 Å². The molecule has 3 N–H and O–H groups in total. The van der Waals surface area contributed by atoms with Gasteiger partial charge in [-0.1, -0.05) is 36.4 Å². The molecule has 0 aromatic heterocycles. The molecular weight excluding hydrogens is 320 g/mol. The minimum atomic E-state index is -1.25. The van der Waals surface area contributed by atoms with Crippen molar-refractivity contribution < 1.29 is 19.3 Å². The van der Waals surface area contributed by atoms with Crippen LogP contribution < -0.4 is 10.1 Å². The fourth-order valence-electron chi connectivity index (χ4n) is 2.13. The van der Waals surface area contributed by atoms with E-state index in [2.05, 4.69) is 5.32 Å². The van der Waals surface area contributed by atoms with Gasteiger partial charge in [0.25, 0.3) is 0 Å². The van der Waals surface area contributed by atoms with Crippen molar-refractivity contribution in [2.24, 2.45) is 5.41 Å². The van der Waals surface area contributed by atoms with Crippen LogP contribution in [0.25, 0.3) is 12.2 Å². The molecule has 0 radical (unpaired) electrons. The molecule has 0 aliphatic heterocycles. The number of rotatable bonds is 9. The van der Waals surface area contributed by atoms with Crippen LogP contribution in [0.5, 0.6) is 5.75 Å². The molecular formula is C20H24FNO3. The van der Waals surface area contributed by atoms with Crippen LogP contribution in [0.2, 0.25) is 0 Å². The van der Waals surface area contributed by atoms with E-state index in [1.165, 1.54) is 0 Å². The van der Waals surface area contributed by atoms with E-state index in [1.54, 1.807) is 12.1 Å². The summed E-state index contributed by atoms with van der Waals surface area (Å²) in [6, 6.07) is 15.4. The molecule has 0 unspecified atom stereocenters. The van der Waals surface area contributed by atoms with Gasteiger partial charge in [0, 0.05) is 12.7 Å². The number of hydrogen-bond acceptors (Lipinski definition) is 4. The molecule has 0 saturated carbocycles. The second kappa shape index (κ2) is 9.20. The summed E-state index contributed by atoms with van der Waals surface area (Å²) in [5.41, 5.74) is 1.91. The molecule has 0 saturated heterocycles. The van der Waals surface area contributed by atoms with Crippen molar-refractivity contribution in [3.63, 3.8) is 0 Å². The topological polar surface area (TPSA) is 61.7 Å². The summed E-state index contributed by atoms with van der Waals surface area (Å²) in [6.07, 6.45) is 4.01. The highest BCUT2D eigenvalue weighted by atomic mass is 18.2. The first-order chi connectivity index (χ1) is 12.1. The molecule has 0 aliphatic rings. The smallest absolute Gasteiger partial charge is 0.119 e. The van der Waals surface area contributed by atoms with Gasteiger partial charge in [-0.05, 0) is 35.4 Å². The number of nitrogens with one attached hydrogen (secondary N) is 1. The highest BCUT2D eigenvalue weighted by Gasteiger charge is 2.30. The molecule has 0 heterocycles. The minimum absolute atomic E-state index is 0.0799. The lowest BCUT2D eigenvalue weighted by Gasteiger charge is -2.26. The molecule has 0 amide bonds. The van der Waals surface area contributed by atoms with E-state index in [-0.39, 0.29) is 6.61 Å². The summed E-state index contributed by atoms with van der Waals surface area (Å²) < 4.78 is 18.5. The van der Waals surface area contributed by atoms with Crippen molar-refractivity contribution >= 4 is 17.8 Å². The predicted octanol–water partition coefficient (Wildman–Crippen LogP) is 3.22. The first-order valence-electron chi connectivity index (χ1n) is 8.11. The van der Waals surface area contributed by atoms with Crippen LogP contribution >= 0.6 is 0 Å². The summed E-state index contributed by atoms with van der Waals surface area (Å²) in [6.45, 7) is -1.85. The molecule has 134 valence electrons. The first-order valence-corrected chi connectivity index (χ1v) is 8.11. The lowest BCUT2D eigenvalue weighted by Crippen LogP contribution is -2.38. The van der Waals surface area contributed by atoms with Gasteiger partial charge in [-0.2, -0.15) is 0 Å². The fraction of sp³-hybridized carbons (Fsp3) is 0.300. The lowest BCUT2D eigenvalue weighted by molar-refractivity contribution is -0.00335. The Hall–Kier alpha value is -2.37. The zero-order valence-corrected chi connectivity index (χ0v) is 14.3. The van der Waals surface area contributed by atoms with Gasteiger partial charge < -0.3 is 20.3 Å². The number of anilines is 1. The van der Waals surface area contributed by atoms with Crippen LogP contribution in [0.15, 0.2) is 48.5 Å². The highest BCUT2D eigenvalue weighted by Crippen LogP contribution is 2.21. The van der Waals surface area contributed by atoms with Crippen LogP contribution in [-0.4, -0.2) is 43.8 Å². The molecule has 0 bridgehead atoms. The Morgan fingerprint density at radius 2 is 1.48 bits per heavy atom. The molecule has 2 aromatic carbocycles. The average Bonchev–Trinajstić information content (AvgIpc) is 2.69. The van der Waals surface area contributed by atoms with Gasteiger partial charge in [-0.15, -0.1) is 0 Å². The van der Waals surface area contributed by atoms with Gasteiger partial charge in [0.2, 0.25) is 0 Å². The van der Waals surface area contributed by atoms with Crippen LogP contribution in [0.3, 0.4) is 0 Å². The SMILES string of the molecule is CNc1ccc(/C=C/c2ccc(OCC(CO)(CO)C[18F])cc2)cc1.